The van der Waals surface area contributed by atoms with Crippen molar-refractivity contribution in [2.45, 2.75) is 52.4 Å². The molecule has 1 aromatic carbocycles. The van der Waals surface area contributed by atoms with Crippen LogP contribution in [0.5, 0.6) is 0 Å². The summed E-state index contributed by atoms with van der Waals surface area (Å²) in [6, 6.07) is 8.04. The number of amides is 1. The van der Waals surface area contributed by atoms with Gasteiger partial charge in [0.2, 0.25) is 6.41 Å². The summed E-state index contributed by atoms with van der Waals surface area (Å²) in [5, 5.41) is 2.79. The smallest absolute Gasteiger partial charge is 0.211 e. The number of aryl methyl sites for hydroxylation is 1. The van der Waals surface area contributed by atoms with E-state index in [9.17, 15) is 4.79 Å². The van der Waals surface area contributed by atoms with Gasteiger partial charge in [0.25, 0.3) is 0 Å². The normalized spacial score (nSPS) is 16.6. The van der Waals surface area contributed by atoms with Crippen molar-refractivity contribution >= 4 is 12.1 Å². The number of para-hydroxylation sites is 1. The summed E-state index contributed by atoms with van der Waals surface area (Å²) >= 11 is 0. The third kappa shape index (κ3) is 7.22. The van der Waals surface area contributed by atoms with Crippen LogP contribution in [0.1, 0.15) is 52.9 Å². The van der Waals surface area contributed by atoms with E-state index < -0.39 is 0 Å². The number of hydrogen-bond donors (Lipinski definition) is 1. The zero-order valence-corrected chi connectivity index (χ0v) is 16.9. The number of benzene rings is 1. The number of allylic oxidation sites excluding steroid dienone is 4. The number of ether oxygens (including phenoxy) is 1. The number of rotatable bonds is 7. The van der Waals surface area contributed by atoms with Gasteiger partial charge < -0.3 is 15.0 Å². The Hall–Kier alpha value is -2.07. The summed E-state index contributed by atoms with van der Waals surface area (Å²) in [5.74, 6) is 0. The van der Waals surface area contributed by atoms with Gasteiger partial charge in [0.1, 0.15) is 0 Å². The van der Waals surface area contributed by atoms with E-state index in [1.165, 1.54) is 23.3 Å². The molecule has 1 aliphatic heterocycles. The molecule has 0 unspecified atom stereocenters. The zero-order valence-electron chi connectivity index (χ0n) is 16.9. The lowest BCUT2D eigenvalue weighted by molar-refractivity contribution is -0.105. The van der Waals surface area contributed by atoms with Crippen LogP contribution in [0.25, 0.3) is 0 Å². The van der Waals surface area contributed by atoms with E-state index in [4.69, 9.17) is 4.74 Å². The molecule has 0 bridgehead atoms. The van der Waals surface area contributed by atoms with Crippen LogP contribution < -0.4 is 5.32 Å². The van der Waals surface area contributed by atoms with Gasteiger partial charge in [0, 0.05) is 25.9 Å². The van der Waals surface area contributed by atoms with Crippen LogP contribution >= 0.6 is 0 Å². The highest BCUT2D eigenvalue weighted by Crippen LogP contribution is 2.26. The van der Waals surface area contributed by atoms with Crippen molar-refractivity contribution in [1.82, 2.24) is 4.90 Å². The molecule has 0 saturated carbocycles. The Balaban J connectivity index is 0.000000921. The van der Waals surface area contributed by atoms with Crippen molar-refractivity contribution in [2.75, 3.05) is 31.6 Å². The topological polar surface area (TPSA) is 41.6 Å². The minimum Gasteiger partial charge on any atom is -0.378 e. The van der Waals surface area contributed by atoms with Crippen LogP contribution in [-0.2, 0) is 16.0 Å². The van der Waals surface area contributed by atoms with Crippen LogP contribution in [0.2, 0.25) is 0 Å². The first-order valence-corrected chi connectivity index (χ1v) is 10.3. The largest absolute Gasteiger partial charge is 0.378 e. The highest BCUT2D eigenvalue weighted by molar-refractivity contribution is 5.73. The summed E-state index contributed by atoms with van der Waals surface area (Å²) in [6.07, 6.45) is 12.2. The summed E-state index contributed by atoms with van der Waals surface area (Å²) in [6.45, 7) is 8.00. The molecule has 1 fully saturated rings. The molecular formula is C23H36N2O2. The SMILES string of the molecule is CCC.O=CNc1ccccc1CCCC1=CC=C(N2CCOCC2)CC1.[HH]. The first-order chi connectivity index (χ1) is 13.3. The molecule has 1 N–H and O–H groups in total. The number of anilines is 1. The average molecular weight is 373 g/mol. The molecule has 1 saturated heterocycles. The molecule has 27 heavy (non-hydrogen) atoms. The number of nitrogens with one attached hydrogen (secondary N) is 1. The molecule has 1 heterocycles. The average Bonchev–Trinajstić information content (AvgIpc) is 2.71. The van der Waals surface area contributed by atoms with E-state index in [0.717, 1.165) is 70.5 Å². The third-order valence-corrected chi connectivity index (χ3v) is 4.81. The third-order valence-electron chi connectivity index (χ3n) is 4.81. The maximum atomic E-state index is 10.7. The van der Waals surface area contributed by atoms with Crippen LogP contribution in [0.4, 0.5) is 5.69 Å². The van der Waals surface area contributed by atoms with E-state index >= 15 is 0 Å². The maximum absolute atomic E-state index is 10.7. The predicted octanol–water partition coefficient (Wildman–Crippen LogP) is 5.18. The fraction of sp³-hybridized carbons (Fsp3) is 0.522. The van der Waals surface area contributed by atoms with Gasteiger partial charge in [-0.15, -0.1) is 0 Å². The summed E-state index contributed by atoms with van der Waals surface area (Å²) < 4.78 is 5.42. The molecule has 150 valence electrons. The van der Waals surface area contributed by atoms with Gasteiger partial charge in [-0.2, -0.15) is 0 Å². The zero-order chi connectivity index (χ0) is 19.3. The van der Waals surface area contributed by atoms with Crippen LogP contribution in [-0.4, -0.2) is 37.6 Å². The molecule has 2 aliphatic rings. The van der Waals surface area contributed by atoms with Crippen LogP contribution in [0.15, 0.2) is 47.7 Å². The monoisotopic (exact) mass is 372 g/mol. The van der Waals surface area contributed by atoms with Gasteiger partial charge >= 0.3 is 0 Å². The van der Waals surface area contributed by atoms with E-state index in [1.807, 2.05) is 18.2 Å². The number of morpholine rings is 1. The second-order valence-electron chi connectivity index (χ2n) is 7.06. The number of nitrogens with zero attached hydrogens (tertiary/aromatic N) is 1. The van der Waals surface area contributed by atoms with Gasteiger partial charge in [-0.25, -0.2) is 0 Å². The van der Waals surface area contributed by atoms with Crippen LogP contribution in [0, 0.1) is 0 Å². The summed E-state index contributed by atoms with van der Waals surface area (Å²) in [7, 11) is 0. The molecule has 3 rings (SSSR count). The van der Waals surface area contributed by atoms with Gasteiger partial charge in [0.15, 0.2) is 0 Å². The summed E-state index contributed by atoms with van der Waals surface area (Å²) in [5.41, 5.74) is 5.14. The minimum absolute atomic E-state index is 0. The van der Waals surface area contributed by atoms with E-state index in [-0.39, 0.29) is 1.43 Å². The minimum atomic E-state index is 0. The second-order valence-corrected chi connectivity index (χ2v) is 7.06. The van der Waals surface area contributed by atoms with Gasteiger partial charge in [-0.1, -0.05) is 50.1 Å². The lowest BCUT2D eigenvalue weighted by atomic mass is 9.95. The highest BCUT2D eigenvalue weighted by Gasteiger charge is 2.15. The Labute approximate surface area is 165 Å². The first kappa shape index (κ1) is 21.2. The van der Waals surface area contributed by atoms with Crippen molar-refractivity contribution in [3.63, 3.8) is 0 Å². The van der Waals surface area contributed by atoms with Gasteiger partial charge in [-0.3, -0.25) is 4.79 Å². The number of carbonyl (C=O) groups excluding carboxylic acids is 1. The van der Waals surface area contributed by atoms with Gasteiger partial charge in [-0.05, 0) is 49.8 Å². The molecule has 1 aliphatic carbocycles. The fourth-order valence-corrected chi connectivity index (χ4v) is 3.44. The Morgan fingerprint density at radius 1 is 1.11 bits per heavy atom. The van der Waals surface area contributed by atoms with E-state index in [1.54, 1.807) is 0 Å². The van der Waals surface area contributed by atoms with E-state index in [2.05, 4.69) is 42.3 Å². The Bertz CT molecular complexity index is 637. The van der Waals surface area contributed by atoms with Crippen molar-refractivity contribution in [3.8, 4) is 0 Å². The highest BCUT2D eigenvalue weighted by atomic mass is 16.5. The molecule has 0 atom stereocenters. The van der Waals surface area contributed by atoms with Crippen molar-refractivity contribution in [3.05, 3.63) is 53.3 Å². The molecule has 1 aromatic rings. The maximum Gasteiger partial charge on any atom is 0.211 e. The Morgan fingerprint density at radius 3 is 2.52 bits per heavy atom. The quantitative estimate of drug-likeness (QED) is 0.671. The molecule has 4 heteroatoms. The summed E-state index contributed by atoms with van der Waals surface area (Å²) in [4.78, 5) is 13.1. The second kappa shape index (κ2) is 12.3. The predicted molar refractivity (Wildman–Crippen MR) is 115 cm³/mol. The van der Waals surface area contributed by atoms with Crippen LogP contribution in [0.3, 0.4) is 0 Å². The fourth-order valence-electron chi connectivity index (χ4n) is 3.44. The molecular weight excluding hydrogens is 336 g/mol. The number of hydrogen-bond acceptors (Lipinski definition) is 3. The van der Waals surface area contributed by atoms with Crippen molar-refractivity contribution in [1.29, 1.82) is 0 Å². The number of carbonyl (C=O) groups is 1. The molecule has 4 nitrogen and oxygen atoms in total. The van der Waals surface area contributed by atoms with Crippen molar-refractivity contribution < 1.29 is 11.0 Å². The van der Waals surface area contributed by atoms with E-state index in [0.29, 0.717) is 0 Å². The molecule has 0 spiro atoms. The van der Waals surface area contributed by atoms with Crippen molar-refractivity contribution in [2.24, 2.45) is 0 Å². The van der Waals surface area contributed by atoms with Gasteiger partial charge in [0.05, 0.1) is 13.2 Å². The Kier molecular flexibility index (Phi) is 9.70. The first-order valence-electron chi connectivity index (χ1n) is 10.3. The lowest BCUT2D eigenvalue weighted by Crippen LogP contribution is -2.35. The molecule has 0 radical (unpaired) electrons. The Morgan fingerprint density at radius 2 is 1.85 bits per heavy atom. The lowest BCUT2D eigenvalue weighted by Gasteiger charge is -2.32. The molecule has 1 amide bonds. The standard InChI is InChI=1S/C20H26N2O2.C3H8.H2/c23-16-21-20-7-2-1-5-18(20)6-3-4-17-8-10-19(11-9-17)22-12-14-24-15-13-22;1-3-2;/h1-2,5,7-8,10,16H,3-4,6,9,11-15H2,(H,21,23);3H2,1-2H3;1H. The molecule has 0 aromatic heterocycles.